The first-order valence-corrected chi connectivity index (χ1v) is 9.50. The van der Waals surface area contributed by atoms with Crippen LogP contribution in [0.5, 0.6) is 0 Å². The van der Waals surface area contributed by atoms with Crippen molar-refractivity contribution in [2.45, 2.75) is 10.8 Å². The number of nitrogens with one attached hydrogen (secondary N) is 2. The first kappa shape index (κ1) is 19.9. The summed E-state index contributed by atoms with van der Waals surface area (Å²) in [6.45, 7) is 0. The normalized spacial score (nSPS) is 10.7. The Kier molecular flexibility index (Phi) is 6.32. The number of hydrazine groups is 1. The highest BCUT2D eigenvalue weighted by Gasteiger charge is 2.18. The second-order valence-corrected chi connectivity index (χ2v) is 7.38. The zero-order chi connectivity index (χ0) is 20.1. The van der Waals surface area contributed by atoms with Gasteiger partial charge >= 0.3 is 0 Å². The molecule has 0 saturated heterocycles. The van der Waals surface area contributed by atoms with Crippen molar-refractivity contribution in [1.82, 2.24) is 15.8 Å². The van der Waals surface area contributed by atoms with Crippen LogP contribution in [-0.4, -0.2) is 22.6 Å². The molecule has 0 fully saturated rings. The Labute approximate surface area is 166 Å². The van der Waals surface area contributed by atoms with E-state index in [0.717, 1.165) is 21.8 Å². The molecule has 2 aromatic heterocycles. The van der Waals surface area contributed by atoms with Crippen molar-refractivity contribution in [3.05, 3.63) is 71.0 Å². The standard InChI is InChI=1S/C18H12F3N3O2S2/c19-11-5-3-10(4-6-11)13-7-8-14(27-13)16(26)24-23-15(25)12-2-1-9-22-17(12)28-18(20)21/h1-9,18H,(H,23,25)(H,24,26). The molecule has 2 heterocycles. The van der Waals surface area contributed by atoms with Gasteiger partial charge in [-0.3, -0.25) is 20.4 Å². The van der Waals surface area contributed by atoms with Gasteiger partial charge in [0.2, 0.25) is 0 Å². The van der Waals surface area contributed by atoms with Gasteiger partial charge in [0.15, 0.2) is 0 Å². The second kappa shape index (κ2) is 8.89. The Balaban J connectivity index is 1.65. The Bertz CT molecular complexity index is 994. The molecule has 0 aliphatic carbocycles. The fourth-order valence-corrected chi connectivity index (χ4v) is 3.70. The van der Waals surface area contributed by atoms with Crippen LogP contribution in [0.3, 0.4) is 0 Å². The molecule has 2 amide bonds. The molecular formula is C18H12F3N3O2S2. The summed E-state index contributed by atoms with van der Waals surface area (Å²) < 4.78 is 38.1. The molecule has 0 aliphatic heterocycles. The van der Waals surface area contributed by atoms with Gasteiger partial charge in [-0.25, -0.2) is 9.37 Å². The number of benzene rings is 1. The molecular weight excluding hydrogens is 411 g/mol. The van der Waals surface area contributed by atoms with Crippen LogP contribution in [0, 0.1) is 5.82 Å². The first-order valence-electron chi connectivity index (χ1n) is 7.80. The van der Waals surface area contributed by atoms with Crippen molar-refractivity contribution in [2.75, 3.05) is 0 Å². The molecule has 0 aliphatic rings. The monoisotopic (exact) mass is 423 g/mol. The Morgan fingerprint density at radius 1 is 1.00 bits per heavy atom. The number of amides is 2. The summed E-state index contributed by atoms with van der Waals surface area (Å²) in [6.07, 6.45) is 1.29. The van der Waals surface area contributed by atoms with Crippen molar-refractivity contribution in [3.8, 4) is 10.4 Å². The van der Waals surface area contributed by atoms with Crippen LogP contribution in [0.2, 0.25) is 0 Å². The highest BCUT2D eigenvalue weighted by atomic mass is 32.2. The van der Waals surface area contributed by atoms with E-state index in [1.54, 1.807) is 24.3 Å². The van der Waals surface area contributed by atoms with E-state index < -0.39 is 17.6 Å². The van der Waals surface area contributed by atoms with E-state index in [4.69, 9.17) is 0 Å². The lowest BCUT2D eigenvalue weighted by Gasteiger charge is -2.09. The maximum Gasteiger partial charge on any atom is 0.290 e. The van der Waals surface area contributed by atoms with E-state index >= 15 is 0 Å². The SMILES string of the molecule is O=C(NNC(=O)c1cccnc1SC(F)F)c1ccc(-c2ccc(F)cc2)s1. The molecule has 0 radical (unpaired) electrons. The summed E-state index contributed by atoms with van der Waals surface area (Å²) in [6, 6.07) is 11.8. The van der Waals surface area contributed by atoms with Gasteiger partial charge in [0.1, 0.15) is 10.8 Å². The Hall–Kier alpha value is -2.85. The fourth-order valence-electron chi connectivity index (χ4n) is 2.21. The highest BCUT2D eigenvalue weighted by molar-refractivity contribution is 7.99. The number of rotatable bonds is 5. The second-order valence-electron chi connectivity index (χ2n) is 5.31. The lowest BCUT2D eigenvalue weighted by molar-refractivity contribution is 0.0846. The third kappa shape index (κ3) is 4.90. The molecule has 5 nitrogen and oxygen atoms in total. The van der Waals surface area contributed by atoms with Crippen LogP contribution in [0.4, 0.5) is 13.2 Å². The van der Waals surface area contributed by atoms with E-state index in [-0.39, 0.29) is 28.2 Å². The number of carbonyl (C=O) groups excluding carboxylic acids is 2. The van der Waals surface area contributed by atoms with Gasteiger partial charge in [0, 0.05) is 11.1 Å². The van der Waals surface area contributed by atoms with Crippen molar-refractivity contribution in [3.63, 3.8) is 0 Å². The summed E-state index contributed by atoms with van der Waals surface area (Å²) in [5, 5.41) is -0.140. The third-order valence-corrected chi connectivity index (χ3v) is 5.32. The van der Waals surface area contributed by atoms with Gasteiger partial charge in [-0.15, -0.1) is 11.3 Å². The molecule has 3 rings (SSSR count). The van der Waals surface area contributed by atoms with Gasteiger partial charge in [0.05, 0.1) is 10.4 Å². The van der Waals surface area contributed by atoms with Crippen molar-refractivity contribution >= 4 is 34.9 Å². The molecule has 0 spiro atoms. The maximum atomic E-state index is 13.0. The topological polar surface area (TPSA) is 71.1 Å². The summed E-state index contributed by atoms with van der Waals surface area (Å²) in [5.41, 5.74) is 5.10. The Morgan fingerprint density at radius 2 is 1.71 bits per heavy atom. The summed E-state index contributed by atoms with van der Waals surface area (Å²) in [7, 11) is 0. The quantitative estimate of drug-likeness (QED) is 0.473. The lowest BCUT2D eigenvalue weighted by Crippen LogP contribution is -2.41. The summed E-state index contributed by atoms with van der Waals surface area (Å²) in [4.78, 5) is 29.2. The fraction of sp³-hybridized carbons (Fsp3) is 0.0556. The average Bonchev–Trinajstić information content (AvgIpc) is 3.16. The number of thioether (sulfide) groups is 1. The minimum absolute atomic E-state index is 0.0775. The van der Waals surface area contributed by atoms with Crippen molar-refractivity contribution in [2.24, 2.45) is 0 Å². The average molecular weight is 423 g/mol. The molecule has 0 bridgehead atoms. The van der Waals surface area contributed by atoms with E-state index in [0.29, 0.717) is 4.88 Å². The van der Waals surface area contributed by atoms with E-state index in [1.165, 1.54) is 30.5 Å². The molecule has 0 atom stereocenters. The summed E-state index contributed by atoms with van der Waals surface area (Å²) >= 11 is 1.30. The van der Waals surface area contributed by atoms with Crippen LogP contribution < -0.4 is 10.9 Å². The van der Waals surface area contributed by atoms with E-state index in [9.17, 15) is 22.8 Å². The number of halogens is 3. The van der Waals surface area contributed by atoms with Crippen LogP contribution in [0.15, 0.2) is 59.8 Å². The number of alkyl halides is 2. The molecule has 0 unspecified atom stereocenters. The lowest BCUT2D eigenvalue weighted by atomic mass is 10.2. The van der Waals surface area contributed by atoms with Gasteiger partial charge < -0.3 is 0 Å². The minimum Gasteiger partial charge on any atom is -0.267 e. The summed E-state index contributed by atoms with van der Waals surface area (Å²) in [5.74, 6) is -4.42. The molecule has 2 N–H and O–H groups in total. The first-order chi connectivity index (χ1) is 13.4. The molecule has 0 saturated carbocycles. The number of carbonyl (C=O) groups is 2. The zero-order valence-corrected chi connectivity index (χ0v) is 15.6. The highest BCUT2D eigenvalue weighted by Crippen LogP contribution is 2.28. The molecule has 1 aromatic carbocycles. The number of hydrogen-bond acceptors (Lipinski definition) is 5. The predicted octanol–water partition coefficient (Wildman–Crippen LogP) is 4.34. The predicted molar refractivity (Wildman–Crippen MR) is 101 cm³/mol. The molecule has 10 heteroatoms. The Morgan fingerprint density at radius 3 is 2.43 bits per heavy atom. The largest absolute Gasteiger partial charge is 0.290 e. The number of hydrogen-bond donors (Lipinski definition) is 2. The number of thiophene rings is 1. The van der Waals surface area contributed by atoms with E-state index in [1.807, 2.05) is 0 Å². The van der Waals surface area contributed by atoms with E-state index in [2.05, 4.69) is 15.8 Å². The molecule has 144 valence electrons. The zero-order valence-electron chi connectivity index (χ0n) is 14.0. The molecule has 3 aromatic rings. The maximum absolute atomic E-state index is 13.0. The molecule has 28 heavy (non-hydrogen) atoms. The van der Waals surface area contributed by atoms with Gasteiger partial charge in [-0.1, -0.05) is 12.1 Å². The smallest absolute Gasteiger partial charge is 0.267 e. The number of pyridine rings is 1. The van der Waals surface area contributed by atoms with Crippen molar-refractivity contribution < 1.29 is 22.8 Å². The van der Waals surface area contributed by atoms with Crippen LogP contribution in [0.1, 0.15) is 20.0 Å². The number of aromatic nitrogens is 1. The number of nitrogens with zero attached hydrogens (tertiary/aromatic N) is 1. The third-order valence-electron chi connectivity index (χ3n) is 3.46. The van der Waals surface area contributed by atoms with Gasteiger partial charge in [-0.05, 0) is 53.7 Å². The van der Waals surface area contributed by atoms with Crippen LogP contribution in [0.25, 0.3) is 10.4 Å². The van der Waals surface area contributed by atoms with Crippen LogP contribution in [-0.2, 0) is 0 Å². The van der Waals surface area contributed by atoms with Gasteiger partial charge in [-0.2, -0.15) is 8.78 Å². The van der Waals surface area contributed by atoms with Crippen LogP contribution >= 0.6 is 23.1 Å². The minimum atomic E-state index is -2.73. The van der Waals surface area contributed by atoms with Crippen molar-refractivity contribution in [1.29, 1.82) is 0 Å². The van der Waals surface area contributed by atoms with Gasteiger partial charge in [0.25, 0.3) is 17.6 Å².